The minimum absolute atomic E-state index is 0.0108. The molecule has 530 valence electrons. The van der Waals surface area contributed by atoms with Crippen molar-refractivity contribution in [2.75, 3.05) is 46.2 Å². The van der Waals surface area contributed by atoms with E-state index >= 15 is 0 Å². The lowest BCUT2D eigenvalue weighted by molar-refractivity contribution is -0.306. The summed E-state index contributed by atoms with van der Waals surface area (Å²) in [5, 5.41) is 81.5. The highest BCUT2D eigenvalue weighted by atomic mass is 32.2. The number of benzene rings is 2. The van der Waals surface area contributed by atoms with Gasteiger partial charge in [-0.2, -0.15) is 16.8 Å². The fourth-order valence-corrected chi connectivity index (χ4v) is 13.3. The number of H-pyrrole nitrogens is 2. The first-order valence-electron chi connectivity index (χ1n) is 31.1. The summed E-state index contributed by atoms with van der Waals surface area (Å²) in [6.07, 6.45) is -13.4. The van der Waals surface area contributed by atoms with Crippen LogP contribution in [0.5, 0.6) is 0 Å². The topological polar surface area (TPSA) is 530 Å². The van der Waals surface area contributed by atoms with Crippen LogP contribution in [0.3, 0.4) is 0 Å². The standard InChI is InChI=1S/C59H80N8O27S2/c1-30-50(74)53(77)51(75)45(91-30)28-90-54-39(62-56(78)40-25-47(72)65-59(81)63-40)23-34(41(70)8-5-12-60-48(73)29-89-17-16-88-27-35(69)19-32-21-37(96(85,86)87)22-33-20-36(95(82,83)84)9-10-38(32)33)24-42(54)93-58-49(64-46(71)11-14-67-15-13-61-66-67)55(52(76)44(26-68)94-58)92-43(57(79)80)18-31-6-3-2-4-7-31/h9-10,13,15,20-22,25,30-31,34,39,42-45,49-55,58,68,74-77H,2-8,11-12,14,16-19,23-24,26-29H2,1H3,(H,60,73)(H,62,78)(H,64,71)(H,79,80)(H,82,83,84)(H,85,86,87)(H2,63,65,72,81)/t30?,34?,39?,42-,43+,44+,45+,49?,50-,51-,52+,53?,54-,55?,58-/m1/s1. The molecular formula is C59H80N8O27S2. The van der Waals surface area contributed by atoms with Gasteiger partial charge in [-0.3, -0.25) is 47.5 Å². The maximum atomic E-state index is 14.5. The van der Waals surface area contributed by atoms with Crippen LogP contribution >= 0.6 is 0 Å². The Hall–Kier alpha value is -6.92. The Morgan fingerprint density at radius 1 is 0.802 bits per heavy atom. The van der Waals surface area contributed by atoms with Crippen LogP contribution in [-0.4, -0.2) is 249 Å². The average Bonchev–Trinajstić information content (AvgIpc) is 0.989. The molecule has 2 aliphatic carbocycles. The zero-order chi connectivity index (χ0) is 69.6. The number of aliphatic hydroxyl groups excluding tert-OH is 5. The number of carboxylic acids is 1. The SMILES string of the molecule is CC1O[C@@H](CO[C@@H]2C(NC(=O)c3cc(=O)[nH]c(=O)[nH]3)CC(C(=O)CCCNC(=O)COCCOCC(=O)Cc3cc(S(=O)(=O)O)cc4cc(S(=O)(=O)O)ccc34)C[C@H]2O[C@@H]2O[C@@H](CO)[C@H](O)C(O[C@@H](CC3CCCCC3)C(=O)O)C2NC(=O)CCn2ccnn2)[C@@H](O)C(O)[C@@H]1O. The number of aromatic nitrogens is 5. The van der Waals surface area contributed by atoms with Gasteiger partial charge in [0.15, 0.2) is 18.2 Å². The molecule has 2 aromatic heterocycles. The van der Waals surface area contributed by atoms with E-state index in [0.717, 1.165) is 49.6 Å². The molecule has 0 spiro atoms. The van der Waals surface area contributed by atoms with Crippen molar-refractivity contribution in [2.24, 2.45) is 11.8 Å². The molecule has 2 saturated heterocycles. The number of carbonyl (C=O) groups excluding carboxylic acids is 5. The summed E-state index contributed by atoms with van der Waals surface area (Å²) in [6, 6.07) is 3.09. The Morgan fingerprint density at radius 2 is 1.52 bits per heavy atom. The molecule has 6 unspecified atom stereocenters. The van der Waals surface area contributed by atoms with Crippen LogP contribution in [0.15, 0.2) is 68.2 Å². The predicted molar refractivity (Wildman–Crippen MR) is 326 cm³/mol. The molecule has 0 bridgehead atoms. The molecule has 96 heavy (non-hydrogen) atoms. The smallest absolute Gasteiger partial charge is 0.332 e. The van der Waals surface area contributed by atoms with Gasteiger partial charge in [0, 0.05) is 44.0 Å². The summed E-state index contributed by atoms with van der Waals surface area (Å²) in [6.45, 7) is -1.59. The minimum atomic E-state index is -4.82. The molecule has 37 heteroatoms. The Bertz CT molecular complexity index is 3670. The Balaban J connectivity index is 0.971. The van der Waals surface area contributed by atoms with Crippen molar-refractivity contribution >= 4 is 66.3 Å². The maximum Gasteiger partial charge on any atom is 0.332 e. The van der Waals surface area contributed by atoms with Gasteiger partial charge in [-0.15, -0.1) is 5.10 Å². The van der Waals surface area contributed by atoms with Crippen LogP contribution in [-0.2, 0) is 90.3 Å². The van der Waals surface area contributed by atoms with Gasteiger partial charge >= 0.3 is 11.7 Å². The van der Waals surface area contributed by atoms with Crippen molar-refractivity contribution in [3.05, 3.63) is 80.9 Å². The summed E-state index contributed by atoms with van der Waals surface area (Å²) < 4.78 is 110. The van der Waals surface area contributed by atoms with Crippen molar-refractivity contribution < 1.29 is 119 Å². The van der Waals surface area contributed by atoms with Crippen LogP contribution in [0.4, 0.5) is 0 Å². The maximum absolute atomic E-state index is 14.5. The highest BCUT2D eigenvalue weighted by molar-refractivity contribution is 7.86. The first-order valence-corrected chi connectivity index (χ1v) is 34.0. The van der Waals surface area contributed by atoms with E-state index in [1.165, 1.54) is 30.1 Å². The van der Waals surface area contributed by atoms with E-state index in [1.54, 1.807) is 0 Å². The molecule has 2 saturated carbocycles. The Labute approximate surface area is 548 Å². The molecule has 4 heterocycles. The lowest BCUT2D eigenvalue weighted by Gasteiger charge is -2.48. The summed E-state index contributed by atoms with van der Waals surface area (Å²) in [5.74, 6) is -5.99. The number of carboxylic acid groups (broad SMARTS) is 1. The number of ether oxygens (including phenoxy) is 7. The van der Waals surface area contributed by atoms with E-state index in [4.69, 9.17) is 33.2 Å². The third kappa shape index (κ3) is 20.6. The summed E-state index contributed by atoms with van der Waals surface area (Å²) in [7, 11) is -9.51. The molecule has 4 aromatic rings. The number of aromatic amines is 2. The van der Waals surface area contributed by atoms with Crippen molar-refractivity contribution in [3.8, 4) is 0 Å². The number of aliphatic hydroxyl groups is 5. The van der Waals surface area contributed by atoms with Crippen molar-refractivity contribution in [1.82, 2.24) is 40.9 Å². The zero-order valence-electron chi connectivity index (χ0n) is 52.0. The number of hydrogen-bond donors (Lipinski definition) is 13. The fraction of sp³-hybridized carbons (Fsp3) is 0.627. The Morgan fingerprint density at radius 3 is 2.20 bits per heavy atom. The normalized spacial score (nSPS) is 27.0. The molecule has 2 aliphatic heterocycles. The number of Topliss-reactive ketones (excluding diaryl/α,β-unsaturated/α-hetero) is 2. The van der Waals surface area contributed by atoms with Crippen LogP contribution in [0, 0.1) is 11.8 Å². The number of rotatable bonds is 33. The largest absolute Gasteiger partial charge is 0.479 e. The van der Waals surface area contributed by atoms with Gasteiger partial charge in [0.2, 0.25) is 11.8 Å². The minimum Gasteiger partial charge on any atom is -0.479 e. The van der Waals surface area contributed by atoms with Gasteiger partial charge < -0.3 is 84.7 Å². The van der Waals surface area contributed by atoms with Gasteiger partial charge in [-0.1, -0.05) is 43.4 Å². The second-order valence-electron chi connectivity index (χ2n) is 24.1. The number of hydrogen-bond acceptors (Lipinski definition) is 26. The lowest BCUT2D eigenvalue weighted by Crippen LogP contribution is -2.68. The molecule has 4 fully saturated rings. The number of aryl methyl sites for hydroxylation is 1. The third-order valence-electron chi connectivity index (χ3n) is 17.2. The highest BCUT2D eigenvalue weighted by Crippen LogP contribution is 2.37. The van der Waals surface area contributed by atoms with E-state index in [2.05, 4.69) is 31.2 Å². The van der Waals surface area contributed by atoms with Crippen molar-refractivity contribution in [3.63, 3.8) is 0 Å². The number of fused-ring (bicyclic) bond motifs is 1. The van der Waals surface area contributed by atoms with E-state index < -0.39 is 207 Å². The molecule has 3 amide bonds. The molecule has 8 rings (SSSR count). The monoisotopic (exact) mass is 1400 g/mol. The van der Waals surface area contributed by atoms with Crippen LogP contribution < -0.4 is 27.2 Å². The summed E-state index contributed by atoms with van der Waals surface area (Å²) in [4.78, 5) is 109. The van der Waals surface area contributed by atoms with Crippen LogP contribution in [0.2, 0.25) is 0 Å². The number of nitrogens with one attached hydrogen (secondary N) is 5. The molecule has 13 N–H and O–H groups in total. The second-order valence-corrected chi connectivity index (χ2v) is 27.0. The number of aliphatic carboxylic acids is 1. The molecule has 4 aliphatic rings. The van der Waals surface area contributed by atoms with E-state index in [-0.39, 0.29) is 87.1 Å². The van der Waals surface area contributed by atoms with Gasteiger partial charge in [-0.05, 0) is 79.1 Å². The molecule has 35 nitrogen and oxygen atoms in total. The lowest BCUT2D eigenvalue weighted by atomic mass is 9.78. The third-order valence-corrected chi connectivity index (χ3v) is 18.8. The van der Waals surface area contributed by atoms with Gasteiger partial charge in [0.25, 0.3) is 31.7 Å². The molecule has 0 radical (unpaired) electrons. The van der Waals surface area contributed by atoms with Crippen LogP contribution in [0.1, 0.15) is 93.6 Å². The summed E-state index contributed by atoms with van der Waals surface area (Å²) >= 11 is 0. The first kappa shape index (κ1) is 74.9. The zero-order valence-corrected chi connectivity index (χ0v) is 53.6. The number of nitrogens with zero attached hydrogens (tertiary/aromatic N) is 3. The molecular weight excluding hydrogens is 1320 g/mol. The van der Waals surface area contributed by atoms with E-state index in [1.807, 2.05) is 4.98 Å². The van der Waals surface area contributed by atoms with Crippen molar-refractivity contribution in [1.29, 1.82) is 0 Å². The predicted octanol–water partition coefficient (Wildman–Crippen LogP) is -2.78. The van der Waals surface area contributed by atoms with Gasteiger partial charge in [-0.25, -0.2) is 9.59 Å². The molecule has 15 atom stereocenters. The average molecular weight is 1400 g/mol. The fourth-order valence-electron chi connectivity index (χ4n) is 12.2. The number of carbonyl (C=O) groups is 6. The second kappa shape index (κ2) is 34.0. The number of amides is 3. The van der Waals surface area contributed by atoms with E-state index in [0.29, 0.717) is 12.8 Å². The summed E-state index contributed by atoms with van der Waals surface area (Å²) in [5.41, 5.74) is -2.45. The van der Waals surface area contributed by atoms with Crippen molar-refractivity contribution in [2.45, 2.75) is 186 Å². The Kier molecular flexibility index (Phi) is 26.5. The van der Waals surface area contributed by atoms with Gasteiger partial charge in [0.1, 0.15) is 79.6 Å². The molecule has 2 aromatic carbocycles. The number of ketones is 2. The van der Waals surface area contributed by atoms with E-state index in [9.17, 15) is 94.9 Å². The first-order chi connectivity index (χ1) is 45.6. The quantitative estimate of drug-likeness (QED) is 0.0170. The van der Waals surface area contributed by atoms with Gasteiger partial charge in [0.05, 0.1) is 67.2 Å². The highest BCUT2D eigenvalue weighted by Gasteiger charge is 2.53. The van der Waals surface area contributed by atoms with Crippen LogP contribution in [0.25, 0.3) is 10.8 Å².